The molecular weight excluding hydrogens is 286 g/mol. The van der Waals surface area contributed by atoms with Gasteiger partial charge in [-0.2, -0.15) is 5.26 Å². The van der Waals surface area contributed by atoms with Crippen LogP contribution in [0.1, 0.15) is 38.2 Å². The molecule has 1 fully saturated rings. The fourth-order valence-corrected chi connectivity index (χ4v) is 3.11. The average molecular weight is 305 g/mol. The Bertz CT molecular complexity index is 549. The molecule has 0 saturated carbocycles. The maximum atomic E-state index is 12.4. The van der Waals surface area contributed by atoms with Crippen molar-refractivity contribution >= 4 is 23.5 Å². The number of nitrogens with zero attached hydrogens (tertiary/aromatic N) is 4. The molecule has 2 heterocycles. The Balaban J connectivity index is 2.00. The van der Waals surface area contributed by atoms with Crippen molar-refractivity contribution in [1.82, 2.24) is 14.9 Å². The summed E-state index contributed by atoms with van der Waals surface area (Å²) in [6, 6.07) is 1.92. The number of likely N-dealkylation sites (tertiary alicyclic amines) is 1. The molecule has 1 unspecified atom stereocenters. The number of rotatable bonds is 3. The lowest BCUT2D eigenvalue weighted by Crippen LogP contribution is -2.37. The first kappa shape index (κ1) is 15.6. The summed E-state index contributed by atoms with van der Waals surface area (Å²) in [5, 5.41) is 8.98. The maximum Gasteiger partial charge on any atom is 0.235 e. The second kappa shape index (κ2) is 7.27. The first-order chi connectivity index (χ1) is 10.1. The molecule has 0 spiro atoms. The van der Waals surface area contributed by atoms with Crippen LogP contribution in [0.4, 0.5) is 5.82 Å². The third kappa shape index (κ3) is 4.08. The van der Waals surface area contributed by atoms with Crippen LogP contribution < -0.4 is 5.73 Å². The Kier molecular flexibility index (Phi) is 5.39. The largest absolute Gasteiger partial charge is 0.382 e. The van der Waals surface area contributed by atoms with E-state index >= 15 is 0 Å². The Morgan fingerprint density at radius 1 is 1.43 bits per heavy atom. The van der Waals surface area contributed by atoms with E-state index in [1.54, 1.807) is 0 Å². The third-order valence-corrected chi connectivity index (χ3v) is 4.43. The molecule has 0 bridgehead atoms. The van der Waals surface area contributed by atoms with Gasteiger partial charge in [-0.15, -0.1) is 0 Å². The molecule has 0 aliphatic carbocycles. The van der Waals surface area contributed by atoms with Gasteiger partial charge in [-0.3, -0.25) is 4.79 Å². The minimum Gasteiger partial charge on any atom is -0.382 e. The molecule has 1 aliphatic heterocycles. The Labute approximate surface area is 128 Å². The monoisotopic (exact) mass is 305 g/mol. The van der Waals surface area contributed by atoms with Crippen LogP contribution in [-0.4, -0.2) is 39.1 Å². The first-order valence-electron chi connectivity index (χ1n) is 7.10. The van der Waals surface area contributed by atoms with Crippen molar-refractivity contribution in [3.05, 3.63) is 11.8 Å². The number of nitriles is 1. The van der Waals surface area contributed by atoms with Crippen molar-refractivity contribution in [1.29, 1.82) is 5.26 Å². The zero-order valence-electron chi connectivity index (χ0n) is 12.1. The summed E-state index contributed by atoms with van der Waals surface area (Å²) in [6.45, 7) is 3.52. The van der Waals surface area contributed by atoms with Crippen LogP contribution in [0.25, 0.3) is 0 Å². The summed E-state index contributed by atoms with van der Waals surface area (Å²) in [5.74, 6) is 0.276. The van der Waals surface area contributed by atoms with Crippen molar-refractivity contribution < 1.29 is 4.79 Å². The molecular formula is C14H19N5OS. The van der Waals surface area contributed by atoms with Gasteiger partial charge in [-0.05, 0) is 19.8 Å². The van der Waals surface area contributed by atoms with E-state index in [-0.39, 0.29) is 22.5 Å². The zero-order chi connectivity index (χ0) is 15.2. The summed E-state index contributed by atoms with van der Waals surface area (Å²) in [6.07, 6.45) is 5.93. The van der Waals surface area contributed by atoms with E-state index in [2.05, 4.69) is 9.97 Å². The van der Waals surface area contributed by atoms with E-state index < -0.39 is 0 Å². The van der Waals surface area contributed by atoms with Crippen molar-refractivity contribution in [2.45, 2.75) is 43.0 Å². The van der Waals surface area contributed by atoms with Crippen LogP contribution in [0.5, 0.6) is 0 Å². The number of hydrogen-bond donors (Lipinski definition) is 1. The predicted octanol–water partition coefficient (Wildman–Crippen LogP) is 1.81. The van der Waals surface area contributed by atoms with E-state index in [1.807, 2.05) is 17.9 Å². The van der Waals surface area contributed by atoms with Gasteiger partial charge in [0.05, 0.1) is 11.4 Å². The molecule has 1 aromatic rings. The highest BCUT2D eigenvalue weighted by Crippen LogP contribution is 2.23. The normalized spacial score (nSPS) is 16.9. The number of thioether (sulfide) groups is 1. The summed E-state index contributed by atoms with van der Waals surface area (Å²) in [5.41, 5.74) is 5.92. The molecule has 1 aliphatic rings. The van der Waals surface area contributed by atoms with Gasteiger partial charge in [-0.1, -0.05) is 24.6 Å². The number of carbonyl (C=O) groups excluding carboxylic acids is 1. The fraction of sp³-hybridized carbons (Fsp3) is 0.571. The summed E-state index contributed by atoms with van der Waals surface area (Å²) in [7, 11) is 0. The lowest BCUT2D eigenvalue weighted by Gasteiger charge is -2.23. The summed E-state index contributed by atoms with van der Waals surface area (Å²) in [4.78, 5) is 22.5. The van der Waals surface area contributed by atoms with Crippen LogP contribution >= 0.6 is 11.8 Å². The van der Waals surface area contributed by atoms with Gasteiger partial charge in [0, 0.05) is 13.1 Å². The highest BCUT2D eigenvalue weighted by atomic mass is 32.2. The molecule has 112 valence electrons. The number of nitrogen functional groups attached to an aromatic ring is 1. The SMILES string of the molecule is CC(Sc1ncc(C#N)c(N)n1)C(=O)N1CCCCCC1. The quantitative estimate of drug-likeness (QED) is 0.676. The second-order valence-electron chi connectivity index (χ2n) is 5.06. The summed E-state index contributed by atoms with van der Waals surface area (Å²) >= 11 is 1.28. The minimum absolute atomic E-state index is 0.119. The zero-order valence-corrected chi connectivity index (χ0v) is 12.9. The predicted molar refractivity (Wildman–Crippen MR) is 81.5 cm³/mol. The van der Waals surface area contributed by atoms with Gasteiger partial charge in [0.25, 0.3) is 0 Å². The molecule has 1 amide bonds. The first-order valence-corrected chi connectivity index (χ1v) is 7.98. The van der Waals surface area contributed by atoms with Crippen LogP contribution in [0.3, 0.4) is 0 Å². The molecule has 1 aromatic heterocycles. The highest BCUT2D eigenvalue weighted by Gasteiger charge is 2.23. The Hall–Kier alpha value is -1.81. The lowest BCUT2D eigenvalue weighted by atomic mass is 10.2. The van der Waals surface area contributed by atoms with Gasteiger partial charge in [0.1, 0.15) is 17.5 Å². The number of nitrogens with two attached hydrogens (primary N) is 1. The molecule has 7 heteroatoms. The number of amides is 1. The molecule has 2 rings (SSSR count). The van der Waals surface area contributed by atoms with Crippen LogP contribution in [0.15, 0.2) is 11.4 Å². The van der Waals surface area contributed by atoms with Crippen molar-refractivity contribution in [2.24, 2.45) is 0 Å². The van der Waals surface area contributed by atoms with Crippen LogP contribution in [0.2, 0.25) is 0 Å². The molecule has 2 N–H and O–H groups in total. The van der Waals surface area contributed by atoms with E-state index in [1.165, 1.54) is 30.8 Å². The standard InChI is InChI=1S/C14H19N5OS/c1-10(13(20)19-6-4-2-3-5-7-19)21-14-17-9-11(8-15)12(16)18-14/h9-10H,2-7H2,1H3,(H2,16,17,18). The van der Waals surface area contributed by atoms with Crippen LogP contribution in [-0.2, 0) is 4.79 Å². The van der Waals surface area contributed by atoms with Gasteiger partial charge >= 0.3 is 0 Å². The molecule has 21 heavy (non-hydrogen) atoms. The average Bonchev–Trinajstić information content (AvgIpc) is 2.75. The van der Waals surface area contributed by atoms with E-state index in [9.17, 15) is 4.79 Å². The molecule has 0 aromatic carbocycles. The third-order valence-electron chi connectivity index (χ3n) is 3.46. The van der Waals surface area contributed by atoms with E-state index in [4.69, 9.17) is 11.0 Å². The van der Waals surface area contributed by atoms with Crippen molar-refractivity contribution in [3.63, 3.8) is 0 Å². The lowest BCUT2D eigenvalue weighted by molar-refractivity contribution is -0.130. The minimum atomic E-state index is -0.254. The van der Waals surface area contributed by atoms with Crippen molar-refractivity contribution in [3.8, 4) is 6.07 Å². The topological polar surface area (TPSA) is 95.9 Å². The van der Waals surface area contributed by atoms with Gasteiger partial charge in [0.2, 0.25) is 5.91 Å². The number of anilines is 1. The molecule has 6 nitrogen and oxygen atoms in total. The van der Waals surface area contributed by atoms with Crippen LogP contribution in [0, 0.1) is 11.3 Å². The molecule has 1 saturated heterocycles. The number of aromatic nitrogens is 2. The van der Waals surface area contributed by atoms with Gasteiger partial charge < -0.3 is 10.6 Å². The van der Waals surface area contributed by atoms with Gasteiger partial charge in [-0.25, -0.2) is 9.97 Å². The van der Waals surface area contributed by atoms with Gasteiger partial charge in [0.15, 0.2) is 5.16 Å². The smallest absolute Gasteiger partial charge is 0.235 e. The summed E-state index contributed by atoms with van der Waals surface area (Å²) < 4.78 is 0. The van der Waals surface area contributed by atoms with Crippen molar-refractivity contribution in [2.75, 3.05) is 18.8 Å². The second-order valence-corrected chi connectivity index (χ2v) is 6.37. The highest BCUT2D eigenvalue weighted by molar-refractivity contribution is 8.00. The number of carbonyl (C=O) groups is 1. The van der Waals surface area contributed by atoms with E-state index in [0.29, 0.717) is 5.16 Å². The maximum absolute atomic E-state index is 12.4. The molecule has 1 atom stereocenters. The molecule has 0 radical (unpaired) electrons. The fourth-order valence-electron chi connectivity index (χ4n) is 2.28. The number of hydrogen-bond acceptors (Lipinski definition) is 6. The van der Waals surface area contributed by atoms with E-state index in [0.717, 1.165) is 25.9 Å². The Morgan fingerprint density at radius 2 is 2.10 bits per heavy atom. The Morgan fingerprint density at radius 3 is 2.67 bits per heavy atom.